The molecule has 0 spiro atoms. The summed E-state index contributed by atoms with van der Waals surface area (Å²) < 4.78 is 5.74. The topological polar surface area (TPSA) is 49.9 Å². The van der Waals surface area contributed by atoms with E-state index in [0.29, 0.717) is 28.1 Å². The number of aromatic amines is 1. The number of H-pyrrole nitrogens is 1. The number of hydrogen-bond acceptors (Lipinski definition) is 3. The van der Waals surface area contributed by atoms with Gasteiger partial charge in [-0.05, 0) is 53.6 Å². The van der Waals surface area contributed by atoms with Crippen LogP contribution in [0, 0.1) is 0 Å². The quantitative estimate of drug-likeness (QED) is 0.403. The second-order valence-electron chi connectivity index (χ2n) is 8.60. The van der Waals surface area contributed by atoms with Crippen molar-refractivity contribution in [1.29, 1.82) is 0 Å². The number of aryl methyl sites for hydroxylation is 1. The van der Waals surface area contributed by atoms with Crippen LogP contribution in [-0.4, -0.2) is 29.5 Å². The minimum absolute atomic E-state index is 0.289. The smallest absolute Gasteiger partial charge is 0.0769 e. The highest BCUT2D eigenvalue weighted by Gasteiger charge is 2.49. The largest absolute Gasteiger partial charge is 0.383 e. The third-order valence-corrected chi connectivity index (χ3v) is 7.48. The highest BCUT2D eigenvalue weighted by atomic mass is 35.5. The number of benzene rings is 2. The average molecular weight is 493 g/mol. The molecule has 3 aromatic rings. The van der Waals surface area contributed by atoms with Crippen molar-refractivity contribution in [2.45, 2.75) is 50.6 Å². The lowest BCUT2D eigenvalue weighted by atomic mass is 9.67. The molecule has 2 atom stereocenters. The summed E-state index contributed by atoms with van der Waals surface area (Å²) >= 11 is 20.1. The van der Waals surface area contributed by atoms with Crippen LogP contribution in [0.25, 0.3) is 0 Å². The molecule has 32 heavy (non-hydrogen) atoms. The average Bonchev–Trinajstić information content (AvgIpc) is 3.25. The van der Waals surface area contributed by atoms with Crippen LogP contribution in [0.2, 0.25) is 15.1 Å². The molecule has 0 saturated carbocycles. The van der Waals surface area contributed by atoms with Gasteiger partial charge in [-0.3, -0.25) is 10.4 Å². The summed E-state index contributed by atoms with van der Waals surface area (Å²) in [5.41, 5.74) is 4.75. The monoisotopic (exact) mass is 491 g/mol. The van der Waals surface area contributed by atoms with E-state index in [1.165, 1.54) is 16.7 Å². The van der Waals surface area contributed by atoms with Crippen LogP contribution >= 0.6 is 34.8 Å². The normalized spacial score (nSPS) is 22.7. The summed E-state index contributed by atoms with van der Waals surface area (Å²) in [6.45, 7) is 4.96. The number of nitrogens with zero attached hydrogens (tertiary/aromatic N) is 1. The van der Waals surface area contributed by atoms with Crippen LogP contribution in [0.15, 0.2) is 42.7 Å². The molecule has 0 bridgehead atoms. The predicted octanol–water partition coefficient (Wildman–Crippen LogP) is 6.36. The molecule has 1 aliphatic rings. The number of aromatic nitrogens is 2. The fraction of sp³-hybridized carbons (Fsp3) is 0.400. The molecule has 0 radical (unpaired) electrons. The molecule has 0 fully saturated rings. The molecule has 4 rings (SSSR count). The molecule has 7 heteroatoms. The van der Waals surface area contributed by atoms with Gasteiger partial charge in [0, 0.05) is 45.9 Å². The van der Waals surface area contributed by atoms with Crippen molar-refractivity contribution in [1.82, 2.24) is 15.5 Å². The maximum Gasteiger partial charge on any atom is 0.0769 e. The molecule has 0 amide bonds. The Bertz CT molecular complexity index is 1080. The number of methoxy groups -OCH3 is 1. The van der Waals surface area contributed by atoms with Gasteiger partial charge in [0.2, 0.25) is 0 Å². The first-order valence-corrected chi connectivity index (χ1v) is 12.0. The summed E-state index contributed by atoms with van der Waals surface area (Å²) in [7, 11) is 1.75. The molecule has 1 aromatic heterocycles. The molecule has 2 N–H and O–H groups in total. The Kier molecular flexibility index (Phi) is 6.90. The molecular formula is C25H28Cl3N3O. The number of rotatable bonds is 7. The van der Waals surface area contributed by atoms with Crippen LogP contribution in [0.1, 0.15) is 48.1 Å². The fourth-order valence-electron chi connectivity index (χ4n) is 5.21. The highest BCUT2D eigenvalue weighted by Crippen LogP contribution is 2.48. The second kappa shape index (κ2) is 9.36. The Morgan fingerprint density at radius 2 is 1.88 bits per heavy atom. The maximum absolute atomic E-state index is 6.89. The summed E-state index contributed by atoms with van der Waals surface area (Å²) in [4.78, 5) is 0. The third kappa shape index (κ3) is 4.08. The lowest BCUT2D eigenvalue weighted by Crippen LogP contribution is -2.64. The van der Waals surface area contributed by atoms with Gasteiger partial charge in [-0.2, -0.15) is 5.10 Å². The van der Waals surface area contributed by atoms with E-state index in [1.54, 1.807) is 19.2 Å². The molecule has 2 unspecified atom stereocenters. The standard InChI is InChI=1S/C25H28Cl3N3O/c1-4-17-7-6-8-20-19(17)12-24(5-2,15-32-3)31-25(20,11-16-13-29-30-14-16)23-21(27)9-18(26)10-22(23)28/h6-10,13-14,31H,4-5,11-12,15H2,1-3H3,(H,29,30). The Morgan fingerprint density at radius 1 is 1.12 bits per heavy atom. The van der Waals surface area contributed by atoms with E-state index in [0.717, 1.165) is 30.4 Å². The van der Waals surface area contributed by atoms with Gasteiger partial charge in [-0.1, -0.05) is 66.8 Å². The van der Waals surface area contributed by atoms with Crippen molar-refractivity contribution in [3.8, 4) is 0 Å². The van der Waals surface area contributed by atoms with Crippen molar-refractivity contribution >= 4 is 34.8 Å². The Hall–Kier alpha value is -1.56. The summed E-state index contributed by atoms with van der Waals surface area (Å²) in [6, 6.07) is 10.1. The fourth-order valence-corrected chi connectivity index (χ4v) is 6.35. The van der Waals surface area contributed by atoms with Gasteiger partial charge in [0.05, 0.1) is 18.3 Å². The highest BCUT2D eigenvalue weighted by molar-refractivity contribution is 6.39. The molecular weight excluding hydrogens is 465 g/mol. The molecule has 2 heterocycles. The second-order valence-corrected chi connectivity index (χ2v) is 9.85. The Morgan fingerprint density at radius 3 is 2.47 bits per heavy atom. The zero-order valence-corrected chi connectivity index (χ0v) is 20.8. The summed E-state index contributed by atoms with van der Waals surface area (Å²) in [6.07, 6.45) is 7.09. The van der Waals surface area contributed by atoms with Gasteiger partial charge in [-0.25, -0.2) is 0 Å². The van der Waals surface area contributed by atoms with E-state index in [1.807, 2.05) is 12.4 Å². The number of nitrogens with one attached hydrogen (secondary N) is 2. The van der Waals surface area contributed by atoms with E-state index in [2.05, 4.69) is 47.6 Å². The maximum atomic E-state index is 6.89. The summed E-state index contributed by atoms with van der Waals surface area (Å²) in [5, 5.41) is 12.7. The van der Waals surface area contributed by atoms with Gasteiger partial charge >= 0.3 is 0 Å². The minimum atomic E-state index is -0.685. The van der Waals surface area contributed by atoms with Crippen molar-refractivity contribution in [3.63, 3.8) is 0 Å². The van der Waals surface area contributed by atoms with Crippen LogP contribution in [0.3, 0.4) is 0 Å². The lowest BCUT2D eigenvalue weighted by molar-refractivity contribution is 0.0746. The summed E-state index contributed by atoms with van der Waals surface area (Å²) in [5.74, 6) is 0. The van der Waals surface area contributed by atoms with Crippen LogP contribution < -0.4 is 5.32 Å². The number of fused-ring (bicyclic) bond motifs is 1. The van der Waals surface area contributed by atoms with E-state index in [-0.39, 0.29) is 5.54 Å². The van der Waals surface area contributed by atoms with Gasteiger partial charge in [-0.15, -0.1) is 0 Å². The number of hydrogen-bond donors (Lipinski definition) is 2. The van der Waals surface area contributed by atoms with Crippen LogP contribution in [0.4, 0.5) is 0 Å². The first kappa shape index (κ1) is 23.6. The van der Waals surface area contributed by atoms with Crippen molar-refractivity contribution in [3.05, 3.63) is 85.6 Å². The predicted molar refractivity (Wildman–Crippen MR) is 132 cm³/mol. The third-order valence-electron chi connectivity index (χ3n) is 6.66. The van der Waals surface area contributed by atoms with Crippen molar-refractivity contribution < 1.29 is 4.74 Å². The zero-order chi connectivity index (χ0) is 22.9. The van der Waals surface area contributed by atoms with Crippen LogP contribution in [-0.2, 0) is 29.5 Å². The SMILES string of the molecule is CCc1cccc2c1CC(CC)(COC)NC2(Cc1cn[nH]c1)c1c(Cl)cc(Cl)cc1Cl. The Balaban J connectivity index is 2.08. The Labute approximate surface area is 204 Å². The molecule has 1 aliphatic heterocycles. The molecule has 2 aromatic carbocycles. The lowest BCUT2D eigenvalue weighted by Gasteiger charge is -2.51. The van der Waals surface area contributed by atoms with Gasteiger partial charge in [0.25, 0.3) is 0 Å². The molecule has 4 nitrogen and oxygen atoms in total. The molecule has 0 aliphatic carbocycles. The van der Waals surface area contributed by atoms with E-state index < -0.39 is 5.54 Å². The zero-order valence-electron chi connectivity index (χ0n) is 18.6. The molecule has 170 valence electrons. The minimum Gasteiger partial charge on any atom is -0.383 e. The first-order chi connectivity index (χ1) is 15.4. The van der Waals surface area contributed by atoms with E-state index in [4.69, 9.17) is 39.5 Å². The number of halogens is 3. The number of ether oxygens (including phenoxy) is 1. The van der Waals surface area contributed by atoms with Gasteiger partial charge in [0.15, 0.2) is 0 Å². The van der Waals surface area contributed by atoms with E-state index in [9.17, 15) is 0 Å². The van der Waals surface area contributed by atoms with E-state index >= 15 is 0 Å². The molecule has 0 saturated heterocycles. The van der Waals surface area contributed by atoms with Crippen molar-refractivity contribution in [2.75, 3.05) is 13.7 Å². The van der Waals surface area contributed by atoms with Crippen LogP contribution in [0.5, 0.6) is 0 Å². The van der Waals surface area contributed by atoms with Crippen molar-refractivity contribution in [2.24, 2.45) is 0 Å². The van der Waals surface area contributed by atoms with Gasteiger partial charge in [0.1, 0.15) is 0 Å². The van der Waals surface area contributed by atoms with Gasteiger partial charge < -0.3 is 4.74 Å². The first-order valence-electron chi connectivity index (χ1n) is 10.9.